The monoisotopic (exact) mass is 378 g/mol. The lowest BCUT2D eigenvalue weighted by Gasteiger charge is -2.17. The van der Waals surface area contributed by atoms with Crippen molar-refractivity contribution in [1.29, 1.82) is 0 Å². The molecule has 0 aliphatic carbocycles. The second-order valence-corrected chi connectivity index (χ2v) is 6.12. The second kappa shape index (κ2) is 9.36. The largest absolute Gasteiger partial charge is 0.497 e. The molecule has 7 nitrogen and oxygen atoms in total. The van der Waals surface area contributed by atoms with Gasteiger partial charge in [-0.1, -0.05) is 18.2 Å². The molecule has 2 aromatic heterocycles. The quantitative estimate of drug-likeness (QED) is 0.679. The van der Waals surface area contributed by atoms with Gasteiger partial charge >= 0.3 is 6.03 Å². The predicted molar refractivity (Wildman–Crippen MR) is 105 cm³/mol. The highest BCUT2D eigenvalue weighted by molar-refractivity contribution is 5.73. The van der Waals surface area contributed by atoms with Gasteiger partial charge in [-0.05, 0) is 29.8 Å². The van der Waals surface area contributed by atoms with Gasteiger partial charge in [-0.15, -0.1) is 0 Å². The average molecular weight is 378 g/mol. The molecule has 0 saturated heterocycles. The number of carbonyl (C=O) groups is 1. The normalized spacial score (nSPS) is 10.2. The van der Waals surface area contributed by atoms with Crippen LogP contribution in [0.2, 0.25) is 0 Å². The van der Waals surface area contributed by atoms with Crippen LogP contribution in [0.25, 0.3) is 0 Å². The van der Waals surface area contributed by atoms with Gasteiger partial charge in [-0.25, -0.2) is 9.78 Å². The Kier molecular flexibility index (Phi) is 6.41. The van der Waals surface area contributed by atoms with Gasteiger partial charge in [-0.2, -0.15) is 0 Å². The molecular weight excluding hydrogens is 356 g/mol. The van der Waals surface area contributed by atoms with Crippen LogP contribution in [0, 0.1) is 0 Å². The molecule has 0 aliphatic heterocycles. The summed E-state index contributed by atoms with van der Waals surface area (Å²) in [7, 11) is 3.33. The molecule has 1 aromatic carbocycles. The number of amides is 2. The van der Waals surface area contributed by atoms with Crippen LogP contribution >= 0.6 is 0 Å². The van der Waals surface area contributed by atoms with Crippen molar-refractivity contribution in [2.45, 2.75) is 13.1 Å². The number of ether oxygens (including phenoxy) is 2. The number of hydrogen-bond donors (Lipinski definition) is 1. The molecule has 144 valence electrons. The van der Waals surface area contributed by atoms with Crippen molar-refractivity contribution in [3.8, 4) is 17.4 Å². The molecule has 0 saturated carbocycles. The minimum atomic E-state index is -0.178. The molecule has 0 unspecified atom stereocenters. The van der Waals surface area contributed by atoms with E-state index in [9.17, 15) is 4.79 Å². The third-order valence-corrected chi connectivity index (χ3v) is 3.98. The number of hydrogen-bond acceptors (Lipinski definition) is 5. The van der Waals surface area contributed by atoms with Crippen LogP contribution in [0.3, 0.4) is 0 Å². The molecule has 2 heterocycles. The van der Waals surface area contributed by atoms with E-state index in [0.717, 1.165) is 11.3 Å². The van der Waals surface area contributed by atoms with Crippen LogP contribution in [-0.4, -0.2) is 35.1 Å². The van der Waals surface area contributed by atoms with Crippen LogP contribution in [0.15, 0.2) is 67.0 Å². The summed E-state index contributed by atoms with van der Waals surface area (Å²) in [6, 6.07) is 16.4. The fourth-order valence-corrected chi connectivity index (χ4v) is 2.48. The lowest BCUT2D eigenvalue weighted by atomic mass is 10.3. The Morgan fingerprint density at radius 1 is 1.07 bits per heavy atom. The zero-order chi connectivity index (χ0) is 19.8. The summed E-state index contributed by atoms with van der Waals surface area (Å²) in [6.07, 6.45) is 3.39. The SMILES string of the molecule is COc1cccc(Oc2ccc(CNC(=O)N(C)Cc3ccccn3)cn2)c1. The molecule has 1 N–H and O–H groups in total. The van der Waals surface area contributed by atoms with E-state index in [1.165, 1.54) is 0 Å². The lowest BCUT2D eigenvalue weighted by molar-refractivity contribution is 0.206. The molecule has 2 amide bonds. The molecule has 3 aromatic rings. The summed E-state index contributed by atoms with van der Waals surface area (Å²) in [4.78, 5) is 22.3. The second-order valence-electron chi connectivity index (χ2n) is 6.12. The van der Waals surface area contributed by atoms with Gasteiger partial charge in [0.1, 0.15) is 11.5 Å². The van der Waals surface area contributed by atoms with Crippen molar-refractivity contribution < 1.29 is 14.3 Å². The summed E-state index contributed by atoms with van der Waals surface area (Å²) in [5, 5.41) is 2.87. The summed E-state index contributed by atoms with van der Waals surface area (Å²) in [6.45, 7) is 0.816. The maximum Gasteiger partial charge on any atom is 0.317 e. The van der Waals surface area contributed by atoms with Gasteiger partial charge in [-0.3, -0.25) is 4.98 Å². The van der Waals surface area contributed by atoms with Crippen molar-refractivity contribution in [3.63, 3.8) is 0 Å². The van der Waals surface area contributed by atoms with Crippen molar-refractivity contribution >= 4 is 6.03 Å². The Hall–Kier alpha value is -3.61. The predicted octanol–water partition coefficient (Wildman–Crippen LogP) is 3.62. The van der Waals surface area contributed by atoms with Crippen LogP contribution < -0.4 is 14.8 Å². The van der Waals surface area contributed by atoms with Gasteiger partial charge in [0.25, 0.3) is 0 Å². The summed E-state index contributed by atoms with van der Waals surface area (Å²) >= 11 is 0. The van der Waals surface area contributed by atoms with Crippen LogP contribution in [0.5, 0.6) is 17.4 Å². The third kappa shape index (κ3) is 5.44. The molecule has 0 spiro atoms. The third-order valence-electron chi connectivity index (χ3n) is 3.98. The summed E-state index contributed by atoms with van der Waals surface area (Å²) < 4.78 is 10.9. The van der Waals surface area contributed by atoms with Gasteiger partial charge < -0.3 is 19.7 Å². The van der Waals surface area contributed by atoms with Crippen LogP contribution in [0.4, 0.5) is 4.79 Å². The number of carbonyl (C=O) groups excluding carboxylic acids is 1. The highest BCUT2D eigenvalue weighted by Crippen LogP contribution is 2.23. The molecule has 0 atom stereocenters. The van der Waals surface area contributed by atoms with Crippen LogP contribution in [-0.2, 0) is 13.1 Å². The van der Waals surface area contributed by atoms with Crippen LogP contribution in [0.1, 0.15) is 11.3 Å². The van der Waals surface area contributed by atoms with Crippen molar-refractivity contribution in [1.82, 2.24) is 20.2 Å². The summed E-state index contributed by atoms with van der Waals surface area (Å²) in [5.41, 5.74) is 1.71. The maximum atomic E-state index is 12.2. The molecule has 0 bridgehead atoms. The van der Waals surface area contributed by atoms with Gasteiger partial charge in [0.05, 0.1) is 19.3 Å². The molecule has 0 fully saturated rings. The average Bonchev–Trinajstić information content (AvgIpc) is 2.74. The fourth-order valence-electron chi connectivity index (χ4n) is 2.48. The van der Waals surface area contributed by atoms with E-state index in [1.807, 2.05) is 42.5 Å². The first-order valence-electron chi connectivity index (χ1n) is 8.80. The van der Waals surface area contributed by atoms with E-state index in [4.69, 9.17) is 9.47 Å². The van der Waals surface area contributed by atoms with E-state index in [0.29, 0.717) is 30.5 Å². The first kappa shape index (κ1) is 19.2. The maximum absolute atomic E-state index is 12.2. The first-order chi connectivity index (χ1) is 13.6. The Labute approximate surface area is 164 Å². The Bertz CT molecular complexity index is 901. The number of aromatic nitrogens is 2. The van der Waals surface area contributed by atoms with Crippen molar-refractivity contribution in [2.24, 2.45) is 0 Å². The highest BCUT2D eigenvalue weighted by Gasteiger charge is 2.09. The Morgan fingerprint density at radius 3 is 2.64 bits per heavy atom. The Balaban J connectivity index is 1.50. The number of methoxy groups -OCH3 is 1. The lowest BCUT2D eigenvalue weighted by Crippen LogP contribution is -2.36. The van der Waals surface area contributed by atoms with E-state index in [-0.39, 0.29) is 6.03 Å². The Morgan fingerprint density at radius 2 is 1.93 bits per heavy atom. The van der Waals surface area contributed by atoms with Gasteiger partial charge in [0.15, 0.2) is 0 Å². The molecule has 3 rings (SSSR count). The number of nitrogens with zero attached hydrogens (tertiary/aromatic N) is 3. The van der Waals surface area contributed by atoms with E-state index in [2.05, 4.69) is 15.3 Å². The van der Waals surface area contributed by atoms with E-state index < -0.39 is 0 Å². The number of benzene rings is 1. The zero-order valence-corrected chi connectivity index (χ0v) is 15.8. The van der Waals surface area contributed by atoms with Gasteiger partial charge in [0.2, 0.25) is 5.88 Å². The van der Waals surface area contributed by atoms with Crippen molar-refractivity contribution in [3.05, 3.63) is 78.2 Å². The number of pyridine rings is 2. The smallest absolute Gasteiger partial charge is 0.317 e. The van der Waals surface area contributed by atoms with E-state index in [1.54, 1.807) is 43.6 Å². The molecular formula is C21H22N4O3. The summed E-state index contributed by atoms with van der Waals surface area (Å²) in [5.74, 6) is 1.83. The minimum absolute atomic E-state index is 0.178. The molecule has 28 heavy (non-hydrogen) atoms. The van der Waals surface area contributed by atoms with Crippen molar-refractivity contribution in [2.75, 3.05) is 14.2 Å². The molecule has 0 radical (unpaired) electrons. The molecule has 0 aliphatic rings. The minimum Gasteiger partial charge on any atom is -0.497 e. The van der Waals surface area contributed by atoms with E-state index >= 15 is 0 Å². The highest BCUT2D eigenvalue weighted by atomic mass is 16.5. The number of nitrogens with one attached hydrogen (secondary N) is 1. The molecule has 7 heteroatoms. The zero-order valence-electron chi connectivity index (χ0n) is 15.8. The van der Waals surface area contributed by atoms with Gasteiger partial charge in [0, 0.05) is 38.1 Å². The number of rotatable bonds is 7. The number of urea groups is 1. The first-order valence-corrected chi connectivity index (χ1v) is 8.80. The fraction of sp³-hybridized carbons (Fsp3) is 0.190. The topological polar surface area (TPSA) is 76.6 Å². The standard InChI is InChI=1S/C21H22N4O3/c1-25(15-17-6-3-4-11-22-17)21(26)24-14-16-9-10-20(23-13-16)28-19-8-5-7-18(12-19)27-2/h3-13H,14-15H2,1-2H3,(H,24,26).